The summed E-state index contributed by atoms with van der Waals surface area (Å²) in [4.78, 5) is 0. The molecule has 0 spiro atoms. The van der Waals surface area contributed by atoms with Crippen LogP contribution in [0.3, 0.4) is 0 Å². The highest BCUT2D eigenvalue weighted by Crippen LogP contribution is 2.23. The average Bonchev–Trinajstić information content (AvgIpc) is 2.06. The fourth-order valence-electron chi connectivity index (χ4n) is 1.34. The fourth-order valence-corrected chi connectivity index (χ4v) is 1.34. The molecular formula is C12H20N2. The molecule has 0 bridgehead atoms. The predicted octanol–water partition coefficient (Wildman–Crippen LogP) is 3.33. The number of benzene rings is 1. The van der Waals surface area contributed by atoms with Crippen LogP contribution in [0.1, 0.15) is 27.7 Å². The van der Waals surface area contributed by atoms with Gasteiger partial charge in [-0.1, -0.05) is 12.1 Å². The maximum Gasteiger partial charge on any atom is 0.0579 e. The molecule has 0 aliphatic heterocycles. The van der Waals surface area contributed by atoms with Crippen LogP contribution in [-0.4, -0.2) is 12.1 Å². The van der Waals surface area contributed by atoms with Crippen molar-refractivity contribution in [3.05, 3.63) is 24.3 Å². The third kappa shape index (κ3) is 3.29. The summed E-state index contributed by atoms with van der Waals surface area (Å²) in [7, 11) is 0. The SMILES string of the molecule is CCNc1ccccc1NC(C)(C)C. The van der Waals surface area contributed by atoms with E-state index < -0.39 is 0 Å². The number of hydrogen-bond donors (Lipinski definition) is 2. The van der Waals surface area contributed by atoms with Crippen molar-refractivity contribution in [3.63, 3.8) is 0 Å². The maximum atomic E-state index is 3.47. The third-order valence-electron chi connectivity index (χ3n) is 1.80. The summed E-state index contributed by atoms with van der Waals surface area (Å²) >= 11 is 0. The molecule has 78 valence electrons. The van der Waals surface area contributed by atoms with Crippen LogP contribution in [0.4, 0.5) is 11.4 Å². The largest absolute Gasteiger partial charge is 0.384 e. The van der Waals surface area contributed by atoms with E-state index in [0.29, 0.717) is 0 Å². The number of para-hydroxylation sites is 2. The lowest BCUT2D eigenvalue weighted by molar-refractivity contribution is 0.634. The number of rotatable bonds is 3. The van der Waals surface area contributed by atoms with E-state index in [1.807, 2.05) is 6.07 Å². The van der Waals surface area contributed by atoms with Crippen molar-refractivity contribution in [1.82, 2.24) is 0 Å². The normalized spacial score (nSPS) is 11.1. The lowest BCUT2D eigenvalue weighted by Crippen LogP contribution is -2.26. The van der Waals surface area contributed by atoms with Crippen LogP contribution in [0.15, 0.2) is 24.3 Å². The molecule has 2 N–H and O–H groups in total. The highest BCUT2D eigenvalue weighted by Gasteiger charge is 2.10. The Morgan fingerprint density at radius 3 is 2.14 bits per heavy atom. The molecule has 0 atom stereocenters. The van der Waals surface area contributed by atoms with Gasteiger partial charge in [0, 0.05) is 12.1 Å². The van der Waals surface area contributed by atoms with Gasteiger partial charge in [0.1, 0.15) is 0 Å². The van der Waals surface area contributed by atoms with Crippen molar-refractivity contribution < 1.29 is 0 Å². The molecule has 14 heavy (non-hydrogen) atoms. The van der Waals surface area contributed by atoms with Crippen molar-refractivity contribution in [2.45, 2.75) is 33.2 Å². The van der Waals surface area contributed by atoms with Gasteiger partial charge in [0.05, 0.1) is 11.4 Å². The summed E-state index contributed by atoms with van der Waals surface area (Å²) in [6.07, 6.45) is 0. The van der Waals surface area contributed by atoms with Crippen LogP contribution in [0.5, 0.6) is 0 Å². The van der Waals surface area contributed by atoms with E-state index in [0.717, 1.165) is 6.54 Å². The average molecular weight is 192 g/mol. The van der Waals surface area contributed by atoms with Crippen molar-refractivity contribution in [3.8, 4) is 0 Å². The van der Waals surface area contributed by atoms with Gasteiger partial charge >= 0.3 is 0 Å². The molecule has 2 nitrogen and oxygen atoms in total. The molecule has 0 amide bonds. The first-order valence-electron chi connectivity index (χ1n) is 5.14. The second-order valence-electron chi connectivity index (χ2n) is 4.45. The van der Waals surface area contributed by atoms with Crippen LogP contribution in [0, 0.1) is 0 Å². The molecule has 1 aromatic carbocycles. The minimum absolute atomic E-state index is 0.103. The Kier molecular flexibility index (Phi) is 3.39. The first kappa shape index (κ1) is 10.9. The first-order chi connectivity index (χ1) is 6.53. The Bertz CT molecular complexity index is 287. The van der Waals surface area contributed by atoms with E-state index in [9.17, 15) is 0 Å². The molecule has 0 radical (unpaired) electrons. The number of nitrogens with one attached hydrogen (secondary N) is 2. The summed E-state index contributed by atoms with van der Waals surface area (Å²) in [5.74, 6) is 0. The molecule has 0 aliphatic rings. The van der Waals surface area contributed by atoms with Gasteiger partial charge < -0.3 is 10.6 Å². The summed E-state index contributed by atoms with van der Waals surface area (Å²) in [5, 5.41) is 6.81. The Labute approximate surface area is 86.7 Å². The van der Waals surface area contributed by atoms with Gasteiger partial charge in [-0.3, -0.25) is 0 Å². The van der Waals surface area contributed by atoms with Crippen molar-refractivity contribution in [1.29, 1.82) is 0 Å². The van der Waals surface area contributed by atoms with Gasteiger partial charge in [-0.05, 0) is 39.8 Å². The van der Waals surface area contributed by atoms with Crippen LogP contribution in [0.2, 0.25) is 0 Å². The Balaban J connectivity index is 2.84. The first-order valence-corrected chi connectivity index (χ1v) is 5.14. The fraction of sp³-hybridized carbons (Fsp3) is 0.500. The smallest absolute Gasteiger partial charge is 0.0579 e. The molecule has 0 saturated carbocycles. The van der Waals surface area contributed by atoms with E-state index >= 15 is 0 Å². The van der Waals surface area contributed by atoms with E-state index in [-0.39, 0.29) is 5.54 Å². The quantitative estimate of drug-likeness (QED) is 0.767. The number of hydrogen-bond acceptors (Lipinski definition) is 2. The Hall–Kier alpha value is -1.18. The highest BCUT2D eigenvalue weighted by molar-refractivity contribution is 5.69. The lowest BCUT2D eigenvalue weighted by Gasteiger charge is -2.24. The van der Waals surface area contributed by atoms with Crippen LogP contribution in [-0.2, 0) is 0 Å². The van der Waals surface area contributed by atoms with Gasteiger partial charge in [0.15, 0.2) is 0 Å². The Morgan fingerprint density at radius 2 is 1.64 bits per heavy atom. The molecule has 1 aromatic rings. The van der Waals surface area contributed by atoms with E-state index in [2.05, 4.69) is 56.5 Å². The number of anilines is 2. The topological polar surface area (TPSA) is 24.1 Å². The summed E-state index contributed by atoms with van der Waals surface area (Å²) in [6.45, 7) is 9.54. The molecule has 0 aromatic heterocycles. The third-order valence-corrected chi connectivity index (χ3v) is 1.80. The minimum atomic E-state index is 0.103. The molecule has 0 heterocycles. The minimum Gasteiger partial charge on any atom is -0.384 e. The molecule has 0 saturated heterocycles. The monoisotopic (exact) mass is 192 g/mol. The zero-order valence-corrected chi connectivity index (χ0v) is 9.52. The molecule has 0 aliphatic carbocycles. The molecule has 0 unspecified atom stereocenters. The molecule has 2 heteroatoms. The molecule has 1 rings (SSSR count). The van der Waals surface area contributed by atoms with E-state index in [1.165, 1.54) is 11.4 Å². The van der Waals surface area contributed by atoms with Crippen molar-refractivity contribution in [2.75, 3.05) is 17.2 Å². The van der Waals surface area contributed by atoms with Crippen LogP contribution < -0.4 is 10.6 Å². The second kappa shape index (κ2) is 4.36. The zero-order chi connectivity index (χ0) is 10.6. The van der Waals surface area contributed by atoms with Gasteiger partial charge in [-0.25, -0.2) is 0 Å². The van der Waals surface area contributed by atoms with Crippen LogP contribution >= 0.6 is 0 Å². The second-order valence-corrected chi connectivity index (χ2v) is 4.45. The highest BCUT2D eigenvalue weighted by atomic mass is 15.0. The lowest BCUT2D eigenvalue weighted by atomic mass is 10.1. The summed E-state index contributed by atoms with van der Waals surface area (Å²) in [5.41, 5.74) is 2.44. The van der Waals surface area contributed by atoms with E-state index in [1.54, 1.807) is 0 Å². The molecular weight excluding hydrogens is 172 g/mol. The van der Waals surface area contributed by atoms with Gasteiger partial charge in [0.2, 0.25) is 0 Å². The molecule has 0 fully saturated rings. The van der Waals surface area contributed by atoms with E-state index in [4.69, 9.17) is 0 Å². The summed E-state index contributed by atoms with van der Waals surface area (Å²) in [6, 6.07) is 8.29. The van der Waals surface area contributed by atoms with Crippen molar-refractivity contribution >= 4 is 11.4 Å². The zero-order valence-electron chi connectivity index (χ0n) is 9.52. The van der Waals surface area contributed by atoms with Gasteiger partial charge in [-0.15, -0.1) is 0 Å². The summed E-state index contributed by atoms with van der Waals surface area (Å²) < 4.78 is 0. The van der Waals surface area contributed by atoms with Crippen LogP contribution in [0.25, 0.3) is 0 Å². The maximum absolute atomic E-state index is 3.47. The standard InChI is InChI=1S/C12H20N2/c1-5-13-10-8-6-7-9-11(10)14-12(2,3)4/h6-9,13-14H,5H2,1-4H3. The van der Waals surface area contributed by atoms with Crippen molar-refractivity contribution in [2.24, 2.45) is 0 Å². The Morgan fingerprint density at radius 1 is 1.07 bits per heavy atom. The van der Waals surface area contributed by atoms with Gasteiger partial charge in [-0.2, -0.15) is 0 Å². The predicted molar refractivity (Wildman–Crippen MR) is 64.0 cm³/mol. The van der Waals surface area contributed by atoms with Gasteiger partial charge in [0.25, 0.3) is 0 Å².